The second kappa shape index (κ2) is 8.91. The number of fused-ring (bicyclic) bond motifs is 1. The molecule has 0 radical (unpaired) electrons. The Morgan fingerprint density at radius 1 is 0.970 bits per heavy atom. The highest BCUT2D eigenvalue weighted by Gasteiger charge is 2.30. The molecule has 3 aromatic rings. The van der Waals surface area contributed by atoms with Crippen molar-refractivity contribution in [3.05, 3.63) is 24.3 Å². The first kappa shape index (κ1) is 21.5. The van der Waals surface area contributed by atoms with Gasteiger partial charge in [0.1, 0.15) is 0 Å². The van der Waals surface area contributed by atoms with Crippen LogP contribution >= 0.6 is 0 Å². The predicted octanol–water partition coefficient (Wildman–Crippen LogP) is 1.62. The summed E-state index contributed by atoms with van der Waals surface area (Å²) < 4.78 is 13.1. The molecule has 33 heavy (non-hydrogen) atoms. The average Bonchev–Trinajstić information content (AvgIpc) is 3.18. The van der Waals surface area contributed by atoms with Gasteiger partial charge in [-0.2, -0.15) is 15.0 Å². The molecule has 2 aliphatic heterocycles. The number of imidazole rings is 1. The fourth-order valence-corrected chi connectivity index (χ4v) is 4.16. The van der Waals surface area contributed by atoms with E-state index in [1.807, 2.05) is 24.3 Å². The van der Waals surface area contributed by atoms with Crippen LogP contribution in [0, 0.1) is 0 Å². The van der Waals surface area contributed by atoms with E-state index in [-0.39, 0.29) is 18.1 Å². The number of aromatic nitrogens is 5. The van der Waals surface area contributed by atoms with E-state index in [4.69, 9.17) is 24.4 Å². The fraction of sp³-hybridized carbons (Fsp3) is 0.500. The van der Waals surface area contributed by atoms with Crippen molar-refractivity contribution in [1.29, 1.82) is 0 Å². The third-order valence-electron chi connectivity index (χ3n) is 6.08. The standard InChI is InChI=1S/C22H28N8O3/c1-14-15(2)33-13-10-29(14)20-25-19(28-8-11-32-12-9-28)26-22(27-20)30-18-7-5-4-6-17(18)24-21(30)23-16(3)31/h4-7,14-15H,8-13H2,1-3H3,(H,23,24,31)/t14-,15-/m1/s1. The van der Waals surface area contributed by atoms with Gasteiger partial charge in [0, 0.05) is 26.6 Å². The Morgan fingerprint density at radius 3 is 2.48 bits per heavy atom. The number of hydrogen-bond acceptors (Lipinski definition) is 9. The Hall–Kier alpha value is -3.31. The SMILES string of the molecule is CC(=O)Nc1nc2ccccc2n1-c1nc(N2CCOCC2)nc(N2CCO[C@H](C)[C@H]2C)n1. The molecule has 11 heteroatoms. The molecule has 1 aromatic carbocycles. The van der Waals surface area contributed by atoms with Crippen molar-refractivity contribution in [3.63, 3.8) is 0 Å². The molecule has 0 spiro atoms. The Kier molecular flexibility index (Phi) is 5.81. The maximum absolute atomic E-state index is 11.9. The number of anilines is 3. The monoisotopic (exact) mass is 452 g/mol. The molecule has 2 atom stereocenters. The molecule has 11 nitrogen and oxygen atoms in total. The Labute approximate surface area is 191 Å². The molecule has 2 fully saturated rings. The molecule has 174 valence electrons. The second-order valence-electron chi connectivity index (χ2n) is 8.29. The topological polar surface area (TPSA) is 111 Å². The summed E-state index contributed by atoms with van der Waals surface area (Å²) in [7, 11) is 0. The molecule has 0 unspecified atom stereocenters. The number of amides is 1. The first-order valence-corrected chi connectivity index (χ1v) is 11.2. The highest BCUT2D eigenvalue weighted by Crippen LogP contribution is 2.27. The van der Waals surface area contributed by atoms with E-state index in [1.165, 1.54) is 6.92 Å². The van der Waals surface area contributed by atoms with Crippen molar-refractivity contribution in [3.8, 4) is 5.95 Å². The van der Waals surface area contributed by atoms with E-state index in [1.54, 1.807) is 4.57 Å². The van der Waals surface area contributed by atoms with E-state index >= 15 is 0 Å². The minimum atomic E-state index is -0.218. The Bertz CT molecular complexity index is 1160. The summed E-state index contributed by atoms with van der Waals surface area (Å²) in [5, 5.41) is 2.82. The maximum atomic E-state index is 11.9. The lowest BCUT2D eigenvalue weighted by Gasteiger charge is -2.38. The van der Waals surface area contributed by atoms with Crippen molar-refractivity contribution in [2.75, 3.05) is 54.6 Å². The van der Waals surface area contributed by atoms with Gasteiger partial charge in [-0.1, -0.05) is 12.1 Å². The summed E-state index contributed by atoms with van der Waals surface area (Å²) in [5.74, 6) is 1.72. The van der Waals surface area contributed by atoms with Crippen LogP contribution in [0.3, 0.4) is 0 Å². The van der Waals surface area contributed by atoms with Crippen LogP contribution in [-0.4, -0.2) is 82.0 Å². The zero-order chi connectivity index (χ0) is 22.9. The van der Waals surface area contributed by atoms with E-state index in [0.717, 1.165) is 11.0 Å². The lowest BCUT2D eigenvalue weighted by Crippen LogP contribution is -2.49. The molecule has 2 saturated heterocycles. The quantitative estimate of drug-likeness (QED) is 0.631. The zero-order valence-corrected chi connectivity index (χ0v) is 19.1. The van der Waals surface area contributed by atoms with Gasteiger partial charge in [-0.05, 0) is 26.0 Å². The van der Waals surface area contributed by atoms with E-state index in [9.17, 15) is 4.79 Å². The summed E-state index contributed by atoms with van der Waals surface area (Å²) in [6, 6.07) is 7.76. The largest absolute Gasteiger partial charge is 0.378 e. The number of nitrogens with zero attached hydrogens (tertiary/aromatic N) is 7. The Balaban J connectivity index is 1.68. The molecule has 0 bridgehead atoms. The first-order valence-electron chi connectivity index (χ1n) is 11.2. The summed E-state index contributed by atoms with van der Waals surface area (Å²) >= 11 is 0. The number of carbonyl (C=O) groups is 1. The van der Waals surface area contributed by atoms with Gasteiger partial charge < -0.3 is 19.3 Å². The van der Waals surface area contributed by atoms with Crippen LogP contribution in [0.2, 0.25) is 0 Å². The highest BCUT2D eigenvalue weighted by molar-refractivity contribution is 5.90. The normalized spacial score (nSPS) is 21.4. The van der Waals surface area contributed by atoms with Gasteiger partial charge in [0.05, 0.1) is 43.0 Å². The van der Waals surface area contributed by atoms with Crippen LogP contribution in [0.5, 0.6) is 0 Å². The van der Waals surface area contributed by atoms with Crippen LogP contribution in [0.25, 0.3) is 17.0 Å². The third kappa shape index (κ3) is 4.21. The fourth-order valence-electron chi connectivity index (χ4n) is 4.16. The summed E-state index contributed by atoms with van der Waals surface area (Å²) in [6.07, 6.45) is 0.0508. The number of para-hydroxylation sites is 2. The van der Waals surface area contributed by atoms with Crippen molar-refractivity contribution in [2.24, 2.45) is 0 Å². The average molecular weight is 453 g/mol. The Morgan fingerprint density at radius 2 is 1.70 bits per heavy atom. The van der Waals surface area contributed by atoms with E-state index < -0.39 is 0 Å². The number of rotatable bonds is 4. The highest BCUT2D eigenvalue weighted by atomic mass is 16.5. The van der Waals surface area contributed by atoms with Crippen LogP contribution in [0.15, 0.2) is 24.3 Å². The smallest absolute Gasteiger partial charge is 0.243 e. The van der Waals surface area contributed by atoms with Gasteiger partial charge >= 0.3 is 0 Å². The zero-order valence-electron chi connectivity index (χ0n) is 19.1. The first-order chi connectivity index (χ1) is 16.0. The number of benzene rings is 1. The van der Waals surface area contributed by atoms with Crippen LogP contribution < -0.4 is 15.1 Å². The summed E-state index contributed by atoms with van der Waals surface area (Å²) in [6.45, 7) is 9.53. The molecule has 0 saturated carbocycles. The van der Waals surface area contributed by atoms with Crippen molar-refractivity contribution in [1.82, 2.24) is 24.5 Å². The van der Waals surface area contributed by atoms with Crippen LogP contribution in [0.4, 0.5) is 17.8 Å². The number of ether oxygens (including phenoxy) is 2. The molecule has 4 heterocycles. The summed E-state index contributed by atoms with van der Waals surface area (Å²) in [5.41, 5.74) is 1.54. The van der Waals surface area contributed by atoms with Crippen LogP contribution in [-0.2, 0) is 14.3 Å². The van der Waals surface area contributed by atoms with Crippen molar-refractivity contribution < 1.29 is 14.3 Å². The van der Waals surface area contributed by atoms with Crippen molar-refractivity contribution >= 4 is 34.8 Å². The van der Waals surface area contributed by atoms with Gasteiger partial charge in [0.15, 0.2) is 0 Å². The summed E-state index contributed by atoms with van der Waals surface area (Å²) in [4.78, 5) is 35.3. The number of carbonyl (C=O) groups excluding carboxylic acids is 1. The molecule has 2 aliphatic rings. The lowest BCUT2D eigenvalue weighted by atomic mass is 10.1. The van der Waals surface area contributed by atoms with Gasteiger partial charge in [-0.25, -0.2) is 9.55 Å². The van der Waals surface area contributed by atoms with Crippen molar-refractivity contribution in [2.45, 2.75) is 32.9 Å². The molecule has 2 aromatic heterocycles. The minimum Gasteiger partial charge on any atom is -0.378 e. The van der Waals surface area contributed by atoms with E-state index in [2.05, 4.69) is 33.9 Å². The molecular weight excluding hydrogens is 424 g/mol. The maximum Gasteiger partial charge on any atom is 0.243 e. The molecule has 1 amide bonds. The van der Waals surface area contributed by atoms with Gasteiger partial charge in [-0.3, -0.25) is 10.1 Å². The minimum absolute atomic E-state index is 0.0508. The number of hydrogen-bond donors (Lipinski definition) is 1. The molecular formula is C22H28N8O3. The van der Waals surface area contributed by atoms with Gasteiger partial charge in [-0.15, -0.1) is 0 Å². The predicted molar refractivity (Wildman–Crippen MR) is 124 cm³/mol. The third-order valence-corrected chi connectivity index (χ3v) is 6.08. The lowest BCUT2D eigenvalue weighted by molar-refractivity contribution is -0.114. The number of nitrogens with one attached hydrogen (secondary N) is 1. The van der Waals surface area contributed by atoms with E-state index in [0.29, 0.717) is 63.2 Å². The molecule has 5 rings (SSSR count). The second-order valence-corrected chi connectivity index (χ2v) is 8.29. The molecule has 1 N–H and O–H groups in total. The number of morpholine rings is 2. The van der Waals surface area contributed by atoms with Gasteiger partial charge in [0.2, 0.25) is 29.7 Å². The molecule has 0 aliphatic carbocycles. The van der Waals surface area contributed by atoms with Crippen LogP contribution in [0.1, 0.15) is 20.8 Å². The van der Waals surface area contributed by atoms with Gasteiger partial charge in [0.25, 0.3) is 0 Å².